The van der Waals surface area contributed by atoms with Crippen molar-refractivity contribution in [2.24, 2.45) is 5.92 Å². The van der Waals surface area contributed by atoms with E-state index in [-0.39, 0.29) is 17.7 Å². The van der Waals surface area contributed by atoms with Gasteiger partial charge in [0.05, 0.1) is 5.92 Å². The molecular weight excluding hydrogens is 282 g/mol. The van der Waals surface area contributed by atoms with Crippen LogP contribution in [0.4, 0.5) is 0 Å². The minimum atomic E-state index is -0.497. The molecule has 2 heterocycles. The number of Topliss-reactive ketones (excluding diaryl/α,β-unsaturated/α-hetero) is 2. The van der Waals surface area contributed by atoms with Crippen molar-refractivity contribution < 1.29 is 19.1 Å². The Balaban J connectivity index is 2.63. The van der Waals surface area contributed by atoms with Gasteiger partial charge < -0.3 is 14.8 Å². The van der Waals surface area contributed by atoms with Crippen molar-refractivity contribution in [1.82, 2.24) is 5.32 Å². The topological polar surface area (TPSA) is 64.6 Å². The third kappa shape index (κ3) is 2.80. The van der Waals surface area contributed by atoms with Crippen molar-refractivity contribution in [3.05, 3.63) is 34.1 Å². The maximum Gasteiger partial charge on any atom is 0.158 e. The monoisotopic (exact) mass is 305 g/mol. The summed E-state index contributed by atoms with van der Waals surface area (Å²) in [6, 6.07) is 0. The fraction of sp³-hybridized carbons (Fsp3) is 0.529. The van der Waals surface area contributed by atoms with Crippen LogP contribution in [0.2, 0.25) is 0 Å². The molecular formula is C17H23NO4. The minimum absolute atomic E-state index is 0.0397. The van der Waals surface area contributed by atoms with Crippen LogP contribution in [0.5, 0.6) is 0 Å². The Morgan fingerprint density at radius 1 is 1.05 bits per heavy atom. The minimum Gasteiger partial charge on any atom is -0.490 e. The van der Waals surface area contributed by atoms with Crippen LogP contribution in [0.15, 0.2) is 34.1 Å². The van der Waals surface area contributed by atoms with E-state index in [0.717, 1.165) is 11.4 Å². The second-order valence-electron chi connectivity index (χ2n) is 5.91. The molecule has 0 fully saturated rings. The molecule has 2 aliphatic heterocycles. The van der Waals surface area contributed by atoms with Gasteiger partial charge in [-0.15, -0.1) is 0 Å². The van der Waals surface area contributed by atoms with Crippen LogP contribution in [-0.4, -0.2) is 24.3 Å². The summed E-state index contributed by atoms with van der Waals surface area (Å²) >= 11 is 0. The molecule has 1 unspecified atom stereocenters. The van der Waals surface area contributed by atoms with E-state index in [0.29, 0.717) is 29.3 Å². The maximum atomic E-state index is 12.2. The first kappa shape index (κ1) is 16.3. The van der Waals surface area contributed by atoms with E-state index in [2.05, 4.69) is 5.32 Å². The van der Waals surface area contributed by atoms with Crippen LogP contribution in [0.3, 0.4) is 0 Å². The Kier molecular flexibility index (Phi) is 4.44. The molecule has 0 radical (unpaired) electrons. The lowest BCUT2D eigenvalue weighted by Crippen LogP contribution is -2.35. The van der Waals surface area contributed by atoms with Gasteiger partial charge in [-0.3, -0.25) is 9.59 Å². The number of nitrogens with one attached hydrogen (secondary N) is 1. The Morgan fingerprint density at radius 2 is 1.55 bits per heavy atom. The molecule has 22 heavy (non-hydrogen) atoms. The predicted octanol–water partition coefficient (Wildman–Crippen LogP) is 2.60. The SMILES string of the molecule is CC(=O)C1=C(C)NC(C)=C(C(C)=O)C1C1=C(C)OC(C)CO1. The van der Waals surface area contributed by atoms with Gasteiger partial charge in [-0.25, -0.2) is 0 Å². The van der Waals surface area contributed by atoms with E-state index < -0.39 is 5.92 Å². The average Bonchev–Trinajstić information content (AvgIpc) is 2.36. The third-order valence-corrected chi connectivity index (χ3v) is 3.98. The molecule has 0 aromatic rings. The molecule has 120 valence electrons. The molecule has 0 spiro atoms. The zero-order valence-electron chi connectivity index (χ0n) is 14.0. The van der Waals surface area contributed by atoms with Crippen molar-refractivity contribution in [1.29, 1.82) is 0 Å². The summed E-state index contributed by atoms with van der Waals surface area (Å²) in [7, 11) is 0. The zero-order chi connectivity index (χ0) is 16.6. The van der Waals surface area contributed by atoms with Crippen molar-refractivity contribution in [3.63, 3.8) is 0 Å². The number of dihydropyridines is 1. The highest BCUT2D eigenvalue weighted by Gasteiger charge is 2.38. The zero-order valence-corrected chi connectivity index (χ0v) is 14.0. The summed E-state index contributed by atoms with van der Waals surface area (Å²) in [5, 5.41) is 3.13. The Hall–Kier alpha value is -2.04. The van der Waals surface area contributed by atoms with Gasteiger partial charge in [-0.2, -0.15) is 0 Å². The quantitative estimate of drug-likeness (QED) is 0.868. The maximum absolute atomic E-state index is 12.2. The summed E-state index contributed by atoms with van der Waals surface area (Å²) in [4.78, 5) is 24.3. The standard InChI is InChI=1S/C17H23NO4/c1-8-7-21-17(13(6)22-8)16-14(11(4)19)9(2)18-10(3)15(16)12(5)20/h8,16,18H,7H2,1-6H3. The smallest absolute Gasteiger partial charge is 0.158 e. The molecule has 5 nitrogen and oxygen atoms in total. The molecule has 0 aliphatic carbocycles. The van der Waals surface area contributed by atoms with Crippen LogP contribution in [0.1, 0.15) is 41.5 Å². The van der Waals surface area contributed by atoms with Crippen molar-refractivity contribution in [2.75, 3.05) is 6.61 Å². The van der Waals surface area contributed by atoms with Crippen molar-refractivity contribution >= 4 is 11.6 Å². The summed E-state index contributed by atoms with van der Waals surface area (Å²) in [5.74, 6) is 0.536. The second-order valence-corrected chi connectivity index (χ2v) is 5.91. The van der Waals surface area contributed by atoms with Crippen molar-refractivity contribution in [3.8, 4) is 0 Å². The van der Waals surface area contributed by atoms with Gasteiger partial charge in [-0.05, 0) is 41.5 Å². The van der Waals surface area contributed by atoms with Crippen LogP contribution < -0.4 is 5.32 Å². The van der Waals surface area contributed by atoms with Crippen LogP contribution in [0, 0.1) is 5.92 Å². The molecule has 0 saturated carbocycles. The van der Waals surface area contributed by atoms with E-state index in [9.17, 15) is 9.59 Å². The number of hydrogen-bond donors (Lipinski definition) is 1. The van der Waals surface area contributed by atoms with Crippen LogP contribution in [-0.2, 0) is 19.1 Å². The lowest BCUT2D eigenvalue weighted by Gasteiger charge is -2.35. The van der Waals surface area contributed by atoms with E-state index in [1.807, 2.05) is 27.7 Å². The van der Waals surface area contributed by atoms with E-state index in [1.54, 1.807) is 0 Å². The molecule has 0 bridgehead atoms. The molecule has 2 rings (SSSR count). The molecule has 0 saturated heterocycles. The lowest BCUT2D eigenvalue weighted by molar-refractivity contribution is -0.115. The highest BCUT2D eigenvalue weighted by atomic mass is 16.6. The van der Waals surface area contributed by atoms with Gasteiger partial charge in [0.15, 0.2) is 11.6 Å². The number of rotatable bonds is 3. The predicted molar refractivity (Wildman–Crippen MR) is 82.6 cm³/mol. The van der Waals surface area contributed by atoms with E-state index >= 15 is 0 Å². The van der Waals surface area contributed by atoms with Crippen molar-refractivity contribution in [2.45, 2.75) is 47.6 Å². The van der Waals surface area contributed by atoms with Gasteiger partial charge in [0, 0.05) is 22.5 Å². The number of ketones is 2. The number of allylic oxidation sites excluding steroid dienone is 4. The molecule has 0 aromatic carbocycles. The summed E-state index contributed by atoms with van der Waals surface area (Å²) in [6.45, 7) is 10.8. The highest BCUT2D eigenvalue weighted by molar-refractivity contribution is 6.02. The Bertz CT molecular complexity index is 589. The fourth-order valence-electron chi connectivity index (χ4n) is 3.18. The number of ether oxygens (including phenoxy) is 2. The Morgan fingerprint density at radius 3 is 1.95 bits per heavy atom. The van der Waals surface area contributed by atoms with E-state index in [1.165, 1.54) is 13.8 Å². The van der Waals surface area contributed by atoms with Gasteiger partial charge in [-0.1, -0.05) is 0 Å². The molecule has 0 amide bonds. The fourth-order valence-corrected chi connectivity index (χ4v) is 3.18. The first-order valence-electron chi connectivity index (χ1n) is 7.44. The molecule has 0 aromatic heterocycles. The van der Waals surface area contributed by atoms with Gasteiger partial charge in [0.2, 0.25) is 0 Å². The molecule has 2 aliphatic rings. The summed E-state index contributed by atoms with van der Waals surface area (Å²) in [5.41, 5.74) is 2.62. The highest BCUT2D eigenvalue weighted by Crippen LogP contribution is 2.39. The number of carbonyl (C=O) groups excluding carboxylic acids is 2. The van der Waals surface area contributed by atoms with Crippen LogP contribution >= 0.6 is 0 Å². The van der Waals surface area contributed by atoms with Gasteiger partial charge >= 0.3 is 0 Å². The average molecular weight is 305 g/mol. The summed E-state index contributed by atoms with van der Waals surface area (Å²) in [6.07, 6.45) is -0.0397. The number of carbonyl (C=O) groups is 2. The van der Waals surface area contributed by atoms with Crippen LogP contribution in [0.25, 0.3) is 0 Å². The molecule has 1 N–H and O–H groups in total. The first-order valence-corrected chi connectivity index (χ1v) is 7.44. The lowest BCUT2D eigenvalue weighted by atomic mass is 9.80. The second kappa shape index (κ2) is 5.99. The molecule has 1 atom stereocenters. The first-order chi connectivity index (χ1) is 10.2. The van der Waals surface area contributed by atoms with E-state index in [4.69, 9.17) is 9.47 Å². The largest absolute Gasteiger partial charge is 0.490 e. The summed E-state index contributed by atoms with van der Waals surface area (Å²) < 4.78 is 11.6. The van der Waals surface area contributed by atoms with Gasteiger partial charge in [0.25, 0.3) is 0 Å². The third-order valence-electron chi connectivity index (χ3n) is 3.98. The normalized spacial score (nSPS) is 23.1. The number of hydrogen-bond acceptors (Lipinski definition) is 5. The van der Waals surface area contributed by atoms with Gasteiger partial charge in [0.1, 0.15) is 24.2 Å². The molecule has 5 heteroatoms. The Labute approximate surface area is 131 Å².